The first-order valence-corrected chi connectivity index (χ1v) is 6.40. The smallest absolute Gasteiger partial charge is 0.251 e. The predicted molar refractivity (Wildman–Crippen MR) is 78.4 cm³/mol. The van der Waals surface area contributed by atoms with Crippen molar-refractivity contribution in [2.75, 3.05) is 5.73 Å². The van der Waals surface area contributed by atoms with Gasteiger partial charge in [0.25, 0.3) is 5.91 Å². The maximum absolute atomic E-state index is 12.8. The van der Waals surface area contributed by atoms with Gasteiger partial charge in [0, 0.05) is 23.4 Å². The van der Waals surface area contributed by atoms with Crippen molar-refractivity contribution in [1.82, 2.24) is 5.32 Å². The molecular weight excluding hydrogens is 271 g/mol. The fraction of sp³-hybridized carbons (Fsp3) is 0.125. The number of nitrogens with two attached hydrogens (primary N) is 1. The number of halogens is 1. The van der Waals surface area contributed by atoms with Crippen LogP contribution < -0.4 is 11.1 Å². The quantitative estimate of drug-likeness (QED) is 0.670. The second-order valence-electron chi connectivity index (χ2n) is 4.67. The Balaban J connectivity index is 2.05. The molecule has 0 aliphatic carbocycles. The van der Waals surface area contributed by atoms with Crippen LogP contribution in [0.3, 0.4) is 0 Å². The van der Waals surface area contributed by atoms with Crippen molar-refractivity contribution in [3.63, 3.8) is 0 Å². The lowest BCUT2D eigenvalue weighted by Gasteiger charge is -2.08. The summed E-state index contributed by atoms with van der Waals surface area (Å²) in [6.07, 6.45) is 0. The molecule has 0 unspecified atom stereocenters. The number of anilines is 1. The predicted octanol–water partition coefficient (Wildman–Crippen LogP) is 2.54. The van der Waals surface area contributed by atoms with Gasteiger partial charge in [-0.1, -0.05) is 12.1 Å². The van der Waals surface area contributed by atoms with Gasteiger partial charge in [-0.15, -0.1) is 0 Å². The number of nitrogen functional groups attached to an aromatic ring is 1. The summed E-state index contributed by atoms with van der Waals surface area (Å²) in [4.78, 5) is 23.3. The highest BCUT2D eigenvalue weighted by atomic mass is 19.1. The number of rotatable bonds is 4. The fourth-order valence-corrected chi connectivity index (χ4v) is 1.91. The molecule has 5 heteroatoms. The van der Waals surface area contributed by atoms with E-state index >= 15 is 0 Å². The summed E-state index contributed by atoms with van der Waals surface area (Å²) in [5.41, 5.74) is 7.57. The second kappa shape index (κ2) is 6.17. The zero-order chi connectivity index (χ0) is 15.4. The van der Waals surface area contributed by atoms with Crippen LogP contribution in [0.4, 0.5) is 10.1 Å². The van der Waals surface area contributed by atoms with E-state index in [0.717, 1.165) is 5.56 Å². The molecule has 0 saturated heterocycles. The Hall–Kier alpha value is -2.69. The van der Waals surface area contributed by atoms with Crippen molar-refractivity contribution in [2.24, 2.45) is 0 Å². The van der Waals surface area contributed by atoms with Crippen molar-refractivity contribution in [3.05, 3.63) is 65.0 Å². The summed E-state index contributed by atoms with van der Waals surface area (Å²) in [6, 6.07) is 10.4. The highest BCUT2D eigenvalue weighted by Gasteiger charge is 2.10. The van der Waals surface area contributed by atoms with Gasteiger partial charge in [0.15, 0.2) is 5.78 Å². The summed E-state index contributed by atoms with van der Waals surface area (Å²) >= 11 is 0. The molecule has 0 aliphatic rings. The summed E-state index contributed by atoms with van der Waals surface area (Å²) < 4.78 is 12.8. The fourth-order valence-electron chi connectivity index (χ4n) is 1.91. The Morgan fingerprint density at radius 2 is 1.81 bits per heavy atom. The van der Waals surface area contributed by atoms with Gasteiger partial charge in [-0.25, -0.2) is 4.39 Å². The van der Waals surface area contributed by atoms with Gasteiger partial charge in [-0.05, 0) is 42.8 Å². The van der Waals surface area contributed by atoms with E-state index in [1.165, 1.54) is 31.2 Å². The van der Waals surface area contributed by atoms with Crippen LogP contribution in [0.15, 0.2) is 42.5 Å². The standard InChI is InChI=1S/C16H15FN2O2/c1-10(20)14-7-4-12(8-15(14)18)16(21)19-9-11-2-5-13(17)6-3-11/h2-8H,9,18H2,1H3,(H,19,21). The van der Waals surface area contributed by atoms with Crippen molar-refractivity contribution >= 4 is 17.4 Å². The summed E-state index contributed by atoms with van der Waals surface area (Å²) in [5, 5.41) is 2.71. The summed E-state index contributed by atoms with van der Waals surface area (Å²) in [6.45, 7) is 1.70. The molecule has 2 aromatic rings. The maximum Gasteiger partial charge on any atom is 0.251 e. The van der Waals surface area contributed by atoms with Crippen LogP contribution >= 0.6 is 0 Å². The first kappa shape index (κ1) is 14.7. The Bertz CT molecular complexity index is 681. The second-order valence-corrected chi connectivity index (χ2v) is 4.67. The number of hydrogen-bond acceptors (Lipinski definition) is 3. The molecule has 0 atom stereocenters. The lowest BCUT2D eigenvalue weighted by Crippen LogP contribution is -2.23. The van der Waals surface area contributed by atoms with Gasteiger partial charge >= 0.3 is 0 Å². The van der Waals surface area contributed by atoms with Crippen molar-refractivity contribution < 1.29 is 14.0 Å². The minimum absolute atomic E-state index is 0.147. The van der Waals surface area contributed by atoms with E-state index in [9.17, 15) is 14.0 Å². The molecule has 0 radical (unpaired) electrons. The molecule has 0 fully saturated rings. The molecule has 0 bridgehead atoms. The monoisotopic (exact) mass is 286 g/mol. The molecule has 21 heavy (non-hydrogen) atoms. The number of benzene rings is 2. The maximum atomic E-state index is 12.8. The van der Waals surface area contributed by atoms with Gasteiger partial charge in [0.2, 0.25) is 0 Å². The lowest BCUT2D eigenvalue weighted by molar-refractivity contribution is 0.0949. The molecule has 4 nitrogen and oxygen atoms in total. The van der Waals surface area contributed by atoms with Crippen LogP contribution in [-0.2, 0) is 6.54 Å². The Labute approximate surface area is 121 Å². The van der Waals surface area contributed by atoms with Gasteiger partial charge in [0.1, 0.15) is 5.82 Å². The Kier molecular flexibility index (Phi) is 4.33. The zero-order valence-electron chi connectivity index (χ0n) is 11.5. The van der Waals surface area contributed by atoms with Gasteiger partial charge in [-0.2, -0.15) is 0 Å². The molecule has 1 amide bonds. The van der Waals surface area contributed by atoms with E-state index in [2.05, 4.69) is 5.32 Å². The summed E-state index contributed by atoms with van der Waals surface area (Å²) in [5.74, 6) is -0.774. The highest BCUT2D eigenvalue weighted by Crippen LogP contribution is 2.15. The molecule has 108 valence electrons. The van der Waals surface area contributed by atoms with Crippen molar-refractivity contribution in [1.29, 1.82) is 0 Å². The number of nitrogens with one attached hydrogen (secondary N) is 1. The van der Waals surface area contributed by atoms with Crippen LogP contribution in [0.5, 0.6) is 0 Å². The van der Waals surface area contributed by atoms with Crippen molar-refractivity contribution in [2.45, 2.75) is 13.5 Å². The third-order valence-corrected chi connectivity index (χ3v) is 3.06. The lowest BCUT2D eigenvalue weighted by atomic mass is 10.1. The van der Waals surface area contributed by atoms with Crippen LogP contribution in [0.2, 0.25) is 0 Å². The molecular formula is C16H15FN2O2. The minimum Gasteiger partial charge on any atom is -0.398 e. The molecule has 0 aliphatic heterocycles. The number of amides is 1. The van der Waals surface area contributed by atoms with E-state index in [1.54, 1.807) is 18.2 Å². The zero-order valence-corrected chi connectivity index (χ0v) is 11.5. The molecule has 0 saturated carbocycles. The average Bonchev–Trinajstić information content (AvgIpc) is 2.45. The first-order valence-electron chi connectivity index (χ1n) is 6.40. The number of hydrogen-bond donors (Lipinski definition) is 2. The molecule has 0 spiro atoms. The van der Waals surface area contributed by atoms with Gasteiger partial charge in [-0.3, -0.25) is 9.59 Å². The first-order chi connectivity index (χ1) is 9.97. The summed E-state index contributed by atoms with van der Waals surface area (Å²) in [7, 11) is 0. The number of carbonyl (C=O) groups excluding carboxylic acids is 2. The molecule has 0 aromatic heterocycles. The van der Waals surface area contributed by atoms with Gasteiger partial charge in [0.05, 0.1) is 0 Å². The molecule has 2 rings (SSSR count). The largest absolute Gasteiger partial charge is 0.398 e. The molecule has 0 heterocycles. The van der Waals surface area contributed by atoms with E-state index in [1.807, 2.05) is 0 Å². The van der Waals surface area contributed by atoms with E-state index in [-0.39, 0.29) is 29.7 Å². The third kappa shape index (κ3) is 3.66. The number of Topliss-reactive ketones (excluding diaryl/α,β-unsaturated/α-hetero) is 1. The van der Waals surface area contributed by atoms with Gasteiger partial charge < -0.3 is 11.1 Å². The van der Waals surface area contributed by atoms with Crippen LogP contribution in [0, 0.1) is 5.82 Å². The number of ketones is 1. The minimum atomic E-state index is -0.322. The molecule has 3 N–H and O–H groups in total. The highest BCUT2D eigenvalue weighted by molar-refractivity contribution is 6.02. The van der Waals surface area contributed by atoms with E-state index in [0.29, 0.717) is 11.1 Å². The third-order valence-electron chi connectivity index (χ3n) is 3.06. The Morgan fingerprint density at radius 3 is 2.38 bits per heavy atom. The Morgan fingerprint density at radius 1 is 1.14 bits per heavy atom. The van der Waals surface area contributed by atoms with Crippen LogP contribution in [0.25, 0.3) is 0 Å². The molecule has 2 aromatic carbocycles. The average molecular weight is 286 g/mol. The van der Waals surface area contributed by atoms with Crippen LogP contribution in [-0.4, -0.2) is 11.7 Å². The SMILES string of the molecule is CC(=O)c1ccc(C(=O)NCc2ccc(F)cc2)cc1N. The van der Waals surface area contributed by atoms with E-state index in [4.69, 9.17) is 5.73 Å². The van der Waals surface area contributed by atoms with Crippen LogP contribution in [0.1, 0.15) is 33.2 Å². The number of carbonyl (C=O) groups is 2. The normalized spacial score (nSPS) is 10.2. The topological polar surface area (TPSA) is 72.2 Å². The van der Waals surface area contributed by atoms with Crippen molar-refractivity contribution in [3.8, 4) is 0 Å². The van der Waals surface area contributed by atoms with E-state index < -0.39 is 0 Å².